The van der Waals surface area contributed by atoms with E-state index < -0.39 is 0 Å². The molecule has 0 aliphatic carbocycles. The third-order valence-electron chi connectivity index (χ3n) is 5.01. The maximum Gasteiger partial charge on any atom is -0.00773 e. The van der Waals surface area contributed by atoms with E-state index in [9.17, 15) is 0 Å². The van der Waals surface area contributed by atoms with Crippen molar-refractivity contribution in [1.82, 2.24) is 0 Å². The van der Waals surface area contributed by atoms with E-state index >= 15 is 0 Å². The molecule has 1 nitrogen and oxygen atoms in total. The van der Waals surface area contributed by atoms with E-state index in [2.05, 4.69) is 20.8 Å². The maximum atomic E-state index is 5.44. The average Bonchev–Trinajstić information content (AvgIpc) is 2.63. The van der Waals surface area contributed by atoms with Crippen LogP contribution < -0.4 is 5.73 Å². The van der Waals surface area contributed by atoms with Crippen LogP contribution in [0.15, 0.2) is 0 Å². The highest BCUT2D eigenvalue weighted by Gasteiger charge is 1.92. The van der Waals surface area contributed by atoms with Gasteiger partial charge in [-0.2, -0.15) is 0 Å². The van der Waals surface area contributed by atoms with Gasteiger partial charge in [-0.15, -0.1) is 0 Å². The molecule has 0 spiro atoms. The molecule has 0 unspecified atom stereocenters. The molecule has 0 aromatic carbocycles. The molecule has 0 rings (SSSR count). The van der Waals surface area contributed by atoms with Crippen molar-refractivity contribution in [2.45, 2.75) is 149 Å². The van der Waals surface area contributed by atoms with E-state index in [1.807, 2.05) is 0 Å². The molecule has 0 atom stereocenters. The molecule has 0 aliphatic heterocycles. The van der Waals surface area contributed by atoms with Crippen molar-refractivity contribution in [2.24, 2.45) is 5.73 Å². The Kier molecular flexibility index (Phi) is 31.3. The van der Waals surface area contributed by atoms with Crippen LogP contribution in [0.1, 0.15) is 149 Å². The highest BCUT2D eigenvalue weighted by Crippen LogP contribution is 2.11. The topological polar surface area (TPSA) is 26.0 Å². The summed E-state index contributed by atoms with van der Waals surface area (Å²) in [5, 5.41) is 0. The largest absolute Gasteiger partial charge is 0.330 e. The smallest absolute Gasteiger partial charge is 0.00773 e. The molecule has 1 heteroatoms. The summed E-state index contributed by atoms with van der Waals surface area (Å²) >= 11 is 0. The van der Waals surface area contributed by atoms with Gasteiger partial charge < -0.3 is 5.73 Å². The first kappa shape index (κ1) is 27.2. The molecule has 0 fully saturated rings. The Morgan fingerprint density at radius 1 is 0.320 bits per heavy atom. The highest BCUT2D eigenvalue weighted by atomic mass is 14.5. The Labute approximate surface area is 161 Å². The predicted molar refractivity (Wildman–Crippen MR) is 118 cm³/mol. The number of rotatable bonds is 19. The second-order valence-corrected chi connectivity index (χ2v) is 7.80. The van der Waals surface area contributed by atoms with Crippen LogP contribution in [0.2, 0.25) is 0 Å². The molecule has 0 radical (unpaired) electrons. The maximum absolute atomic E-state index is 5.44. The molecule has 0 saturated heterocycles. The lowest BCUT2D eigenvalue weighted by atomic mass is 10.1. The predicted octanol–water partition coefficient (Wildman–Crippen LogP) is 8.79. The minimum atomic E-state index is 0.872. The molecular formula is C24H53N. The van der Waals surface area contributed by atoms with Crippen molar-refractivity contribution >= 4 is 0 Å². The van der Waals surface area contributed by atoms with Crippen LogP contribution in [0, 0.1) is 0 Å². The number of hydrogen-bond donors (Lipinski definition) is 1. The zero-order chi connectivity index (χ0) is 18.8. The molecule has 0 aliphatic rings. The minimum absolute atomic E-state index is 0.872. The van der Waals surface area contributed by atoms with Gasteiger partial charge in [-0.05, 0) is 13.0 Å². The fourth-order valence-corrected chi connectivity index (χ4v) is 3.19. The van der Waals surface area contributed by atoms with Gasteiger partial charge in [0.2, 0.25) is 0 Å². The summed E-state index contributed by atoms with van der Waals surface area (Å²) in [6, 6.07) is 0. The first-order valence-corrected chi connectivity index (χ1v) is 12.0. The van der Waals surface area contributed by atoms with Crippen LogP contribution in [-0.4, -0.2) is 6.54 Å². The van der Waals surface area contributed by atoms with Gasteiger partial charge in [-0.3, -0.25) is 0 Å². The Morgan fingerprint density at radius 2 is 0.520 bits per heavy atom. The molecule has 154 valence electrons. The summed E-state index contributed by atoms with van der Waals surface area (Å²) in [6.45, 7) is 7.70. The van der Waals surface area contributed by atoms with Crippen LogP contribution in [0.4, 0.5) is 0 Å². The fraction of sp³-hybridized carbons (Fsp3) is 1.00. The minimum Gasteiger partial charge on any atom is -0.330 e. The summed E-state index contributed by atoms with van der Waals surface area (Å²) in [5.74, 6) is 0. The van der Waals surface area contributed by atoms with E-state index in [0.717, 1.165) is 6.54 Å². The molecular weight excluding hydrogens is 302 g/mol. The van der Waals surface area contributed by atoms with E-state index in [1.165, 1.54) is 128 Å². The van der Waals surface area contributed by atoms with Gasteiger partial charge in [0.05, 0.1) is 0 Å². The van der Waals surface area contributed by atoms with Crippen LogP contribution >= 0.6 is 0 Å². The quantitative estimate of drug-likeness (QED) is 0.230. The number of unbranched alkanes of at least 4 members (excludes halogenated alkanes) is 18. The summed E-state index contributed by atoms with van der Waals surface area (Å²) in [7, 11) is 0. The lowest BCUT2D eigenvalue weighted by Crippen LogP contribution is -1.97. The zero-order valence-electron chi connectivity index (χ0n) is 18.4. The van der Waals surface area contributed by atoms with Crippen molar-refractivity contribution in [3.8, 4) is 0 Å². The summed E-state index contributed by atoms with van der Waals surface area (Å²) in [5.41, 5.74) is 5.44. The molecule has 0 amide bonds. The van der Waals surface area contributed by atoms with Gasteiger partial charge in [-0.1, -0.05) is 143 Å². The van der Waals surface area contributed by atoms with Gasteiger partial charge in [0.1, 0.15) is 0 Å². The van der Waals surface area contributed by atoms with E-state index in [4.69, 9.17) is 5.73 Å². The van der Waals surface area contributed by atoms with Crippen molar-refractivity contribution in [3.05, 3.63) is 0 Å². The number of nitrogens with two attached hydrogens (primary N) is 1. The monoisotopic (exact) mass is 355 g/mol. The molecule has 0 aromatic rings. The Hall–Kier alpha value is -0.0400. The molecule has 0 heterocycles. The SMILES string of the molecule is CCCCCCCCCCC.CCCCCCCCCCCCCN. The van der Waals surface area contributed by atoms with Crippen molar-refractivity contribution < 1.29 is 0 Å². The molecule has 25 heavy (non-hydrogen) atoms. The van der Waals surface area contributed by atoms with Gasteiger partial charge in [0, 0.05) is 0 Å². The molecule has 0 saturated carbocycles. The first-order valence-electron chi connectivity index (χ1n) is 12.0. The van der Waals surface area contributed by atoms with Gasteiger partial charge in [0.15, 0.2) is 0 Å². The van der Waals surface area contributed by atoms with Crippen LogP contribution in [0.25, 0.3) is 0 Å². The van der Waals surface area contributed by atoms with Crippen molar-refractivity contribution in [3.63, 3.8) is 0 Å². The summed E-state index contributed by atoms with van der Waals surface area (Å²) < 4.78 is 0. The van der Waals surface area contributed by atoms with Gasteiger partial charge >= 0.3 is 0 Å². The molecule has 0 bridgehead atoms. The summed E-state index contributed by atoms with van der Waals surface area (Å²) in [6.07, 6.45) is 28.4. The molecule has 2 N–H and O–H groups in total. The van der Waals surface area contributed by atoms with E-state index in [1.54, 1.807) is 0 Å². The van der Waals surface area contributed by atoms with Gasteiger partial charge in [0.25, 0.3) is 0 Å². The van der Waals surface area contributed by atoms with E-state index in [0.29, 0.717) is 0 Å². The Morgan fingerprint density at radius 3 is 0.720 bits per heavy atom. The van der Waals surface area contributed by atoms with E-state index in [-0.39, 0.29) is 0 Å². The Bertz CT molecular complexity index is 171. The second kappa shape index (κ2) is 28.8. The third-order valence-corrected chi connectivity index (χ3v) is 5.01. The second-order valence-electron chi connectivity index (χ2n) is 7.80. The van der Waals surface area contributed by atoms with Crippen molar-refractivity contribution in [2.75, 3.05) is 6.54 Å². The van der Waals surface area contributed by atoms with Crippen molar-refractivity contribution in [1.29, 1.82) is 0 Å². The standard InChI is InChI=1S/C13H29N.C11H24/c1-2-3-4-5-6-7-8-9-10-11-12-13-14;1-3-5-7-9-11-10-8-6-4-2/h2-14H2,1H3;3-11H2,1-2H3. The highest BCUT2D eigenvalue weighted by molar-refractivity contribution is 4.48. The average molecular weight is 356 g/mol. The first-order chi connectivity index (χ1) is 12.3. The lowest BCUT2D eigenvalue weighted by molar-refractivity contribution is 0.551. The van der Waals surface area contributed by atoms with Gasteiger partial charge in [-0.25, -0.2) is 0 Å². The summed E-state index contributed by atoms with van der Waals surface area (Å²) in [4.78, 5) is 0. The normalized spacial score (nSPS) is 10.6. The third kappa shape index (κ3) is 32.1. The Balaban J connectivity index is 0. The number of hydrogen-bond acceptors (Lipinski definition) is 1. The molecule has 0 aromatic heterocycles. The van der Waals surface area contributed by atoms with Crippen LogP contribution in [0.3, 0.4) is 0 Å². The lowest BCUT2D eigenvalue weighted by Gasteiger charge is -2.01. The van der Waals surface area contributed by atoms with Crippen LogP contribution in [-0.2, 0) is 0 Å². The van der Waals surface area contributed by atoms with Crippen LogP contribution in [0.5, 0.6) is 0 Å². The zero-order valence-corrected chi connectivity index (χ0v) is 18.4. The fourth-order valence-electron chi connectivity index (χ4n) is 3.19.